The summed E-state index contributed by atoms with van der Waals surface area (Å²) in [5, 5.41) is 0. The molecule has 0 bridgehead atoms. The smallest absolute Gasteiger partial charge is 0.0634 e. The number of likely N-dealkylation sites (N-methyl/N-ethyl adjacent to an activating group) is 1. The second kappa shape index (κ2) is 6.38. The van der Waals surface area contributed by atoms with Gasteiger partial charge in [0.1, 0.15) is 0 Å². The van der Waals surface area contributed by atoms with E-state index < -0.39 is 0 Å². The molecule has 0 aliphatic carbocycles. The number of morpholine rings is 1. The third-order valence-corrected chi connectivity index (χ3v) is 2.64. The van der Waals surface area contributed by atoms with Crippen LogP contribution in [-0.2, 0) is 4.74 Å². The number of piperazine rings is 1. The van der Waals surface area contributed by atoms with Crippen LogP contribution in [0.1, 0.15) is 20.3 Å². The highest BCUT2D eigenvalue weighted by Gasteiger charge is 2.27. The fraction of sp³-hybridized carbons (Fsp3) is 1.00. The number of fused-ring (bicyclic) bond motifs is 1. The molecule has 2 fully saturated rings. The van der Waals surface area contributed by atoms with E-state index in [1.807, 2.05) is 0 Å². The van der Waals surface area contributed by atoms with Crippen molar-refractivity contribution in [3.8, 4) is 0 Å². The molecule has 2 saturated heterocycles. The third kappa shape index (κ3) is 3.56. The molecule has 1 unspecified atom stereocenters. The number of hydrogen-bond donors (Lipinski definition) is 0. The average Bonchev–Trinajstić information content (AvgIpc) is 2.19. The fourth-order valence-electron chi connectivity index (χ4n) is 1.90. The van der Waals surface area contributed by atoms with Crippen LogP contribution in [0.5, 0.6) is 0 Å². The zero-order chi connectivity index (χ0) is 10.4. The van der Waals surface area contributed by atoms with Crippen LogP contribution in [0.2, 0.25) is 0 Å². The Bertz CT molecular complexity index is 152. The van der Waals surface area contributed by atoms with E-state index in [0.717, 1.165) is 19.8 Å². The quantitative estimate of drug-likeness (QED) is 0.581. The summed E-state index contributed by atoms with van der Waals surface area (Å²) in [6, 6.07) is 0.669. The molecule has 2 heterocycles. The summed E-state index contributed by atoms with van der Waals surface area (Å²) < 4.78 is 5.42. The van der Waals surface area contributed by atoms with Crippen molar-refractivity contribution in [2.45, 2.75) is 26.3 Å². The summed E-state index contributed by atoms with van der Waals surface area (Å²) in [5.74, 6) is 0. The summed E-state index contributed by atoms with van der Waals surface area (Å²) in [7, 11) is 2.19. The van der Waals surface area contributed by atoms with Crippen LogP contribution in [0, 0.1) is 0 Å². The standard InChI is InChI=1S/C8H16N2O.C3H8/c1-9-2-3-10-4-5-11-7-8(10)6-9;1-3-2/h8H,2-7H2,1H3;3H2,1-2H3. The minimum Gasteiger partial charge on any atom is -0.378 e. The van der Waals surface area contributed by atoms with Crippen LogP contribution in [0.25, 0.3) is 0 Å². The monoisotopic (exact) mass is 200 g/mol. The van der Waals surface area contributed by atoms with E-state index in [9.17, 15) is 0 Å². The highest BCUT2D eigenvalue weighted by Crippen LogP contribution is 2.11. The van der Waals surface area contributed by atoms with Crippen LogP contribution >= 0.6 is 0 Å². The predicted octanol–water partition coefficient (Wildman–Crippen LogP) is 1.05. The first-order valence-corrected chi connectivity index (χ1v) is 5.78. The van der Waals surface area contributed by atoms with Gasteiger partial charge in [0.2, 0.25) is 0 Å². The van der Waals surface area contributed by atoms with E-state index in [4.69, 9.17) is 4.74 Å². The van der Waals surface area contributed by atoms with Gasteiger partial charge in [-0.3, -0.25) is 4.90 Å². The first-order chi connectivity index (χ1) is 6.77. The van der Waals surface area contributed by atoms with Crippen LogP contribution in [0.15, 0.2) is 0 Å². The van der Waals surface area contributed by atoms with E-state index >= 15 is 0 Å². The summed E-state index contributed by atoms with van der Waals surface area (Å²) in [5.41, 5.74) is 0. The first-order valence-electron chi connectivity index (χ1n) is 5.78. The van der Waals surface area contributed by atoms with E-state index in [2.05, 4.69) is 30.7 Å². The van der Waals surface area contributed by atoms with Crippen molar-refractivity contribution in [3.05, 3.63) is 0 Å². The molecule has 1 atom stereocenters. The van der Waals surface area contributed by atoms with Gasteiger partial charge in [-0.15, -0.1) is 0 Å². The molecular weight excluding hydrogens is 176 g/mol. The lowest BCUT2D eigenvalue weighted by Gasteiger charge is -2.42. The molecule has 3 heteroatoms. The van der Waals surface area contributed by atoms with E-state index in [1.165, 1.54) is 26.1 Å². The van der Waals surface area contributed by atoms with Crippen molar-refractivity contribution in [1.82, 2.24) is 9.80 Å². The minimum absolute atomic E-state index is 0.669. The summed E-state index contributed by atoms with van der Waals surface area (Å²) in [6.45, 7) is 10.9. The maximum atomic E-state index is 5.42. The van der Waals surface area contributed by atoms with Gasteiger partial charge in [-0.1, -0.05) is 20.3 Å². The lowest BCUT2D eigenvalue weighted by atomic mass is 10.1. The molecule has 2 aliphatic heterocycles. The molecule has 2 aliphatic rings. The minimum atomic E-state index is 0.669. The SMILES string of the molecule is CCC.CN1CCN2CCOCC2C1. The second-order valence-corrected chi connectivity index (χ2v) is 4.23. The third-order valence-electron chi connectivity index (χ3n) is 2.64. The fourth-order valence-corrected chi connectivity index (χ4v) is 1.90. The lowest BCUT2D eigenvalue weighted by molar-refractivity contribution is -0.0397. The maximum absolute atomic E-state index is 5.42. The molecule has 3 nitrogen and oxygen atoms in total. The van der Waals surface area contributed by atoms with Crippen LogP contribution in [0.3, 0.4) is 0 Å². The Morgan fingerprint density at radius 1 is 1.21 bits per heavy atom. The van der Waals surface area contributed by atoms with Crippen molar-refractivity contribution in [1.29, 1.82) is 0 Å². The summed E-state index contributed by atoms with van der Waals surface area (Å²) >= 11 is 0. The Labute approximate surface area is 88.0 Å². The van der Waals surface area contributed by atoms with E-state index in [1.54, 1.807) is 0 Å². The number of hydrogen-bond acceptors (Lipinski definition) is 3. The van der Waals surface area contributed by atoms with Gasteiger partial charge >= 0.3 is 0 Å². The Balaban J connectivity index is 0.000000293. The van der Waals surface area contributed by atoms with E-state index in [-0.39, 0.29) is 0 Å². The van der Waals surface area contributed by atoms with Gasteiger partial charge in [-0.05, 0) is 7.05 Å². The zero-order valence-corrected chi connectivity index (χ0v) is 9.83. The molecule has 0 saturated carbocycles. The topological polar surface area (TPSA) is 15.7 Å². The summed E-state index contributed by atoms with van der Waals surface area (Å²) in [6.07, 6.45) is 1.25. The van der Waals surface area contributed by atoms with Crippen LogP contribution < -0.4 is 0 Å². The van der Waals surface area contributed by atoms with Crippen molar-refractivity contribution in [2.24, 2.45) is 0 Å². The van der Waals surface area contributed by atoms with Gasteiger partial charge in [0, 0.05) is 32.2 Å². The molecule has 0 spiro atoms. The highest BCUT2D eigenvalue weighted by molar-refractivity contribution is 4.82. The summed E-state index contributed by atoms with van der Waals surface area (Å²) in [4.78, 5) is 4.93. The Morgan fingerprint density at radius 2 is 1.93 bits per heavy atom. The molecule has 0 aromatic rings. The molecular formula is C11H24N2O. The lowest BCUT2D eigenvalue weighted by Crippen LogP contribution is -2.56. The van der Waals surface area contributed by atoms with Crippen LogP contribution in [-0.4, -0.2) is 62.3 Å². The molecule has 84 valence electrons. The van der Waals surface area contributed by atoms with Crippen LogP contribution in [0.4, 0.5) is 0 Å². The average molecular weight is 200 g/mol. The number of ether oxygens (including phenoxy) is 1. The second-order valence-electron chi connectivity index (χ2n) is 4.23. The number of nitrogens with zero attached hydrogens (tertiary/aromatic N) is 2. The van der Waals surface area contributed by atoms with Crippen molar-refractivity contribution < 1.29 is 4.74 Å². The largest absolute Gasteiger partial charge is 0.378 e. The molecule has 0 N–H and O–H groups in total. The molecule has 0 radical (unpaired) electrons. The first kappa shape index (κ1) is 12.0. The maximum Gasteiger partial charge on any atom is 0.0634 e. The van der Waals surface area contributed by atoms with Crippen molar-refractivity contribution >= 4 is 0 Å². The molecule has 0 amide bonds. The van der Waals surface area contributed by atoms with E-state index in [0.29, 0.717) is 6.04 Å². The molecule has 14 heavy (non-hydrogen) atoms. The Kier molecular flexibility index (Phi) is 5.45. The van der Waals surface area contributed by atoms with Gasteiger partial charge in [0.05, 0.1) is 13.2 Å². The predicted molar refractivity (Wildman–Crippen MR) is 59.6 cm³/mol. The van der Waals surface area contributed by atoms with Gasteiger partial charge in [-0.25, -0.2) is 0 Å². The number of rotatable bonds is 0. The van der Waals surface area contributed by atoms with Gasteiger partial charge in [-0.2, -0.15) is 0 Å². The van der Waals surface area contributed by atoms with Gasteiger partial charge < -0.3 is 9.64 Å². The Morgan fingerprint density at radius 3 is 2.64 bits per heavy atom. The van der Waals surface area contributed by atoms with Crippen molar-refractivity contribution in [3.63, 3.8) is 0 Å². The molecule has 0 aromatic carbocycles. The molecule has 2 rings (SSSR count). The van der Waals surface area contributed by atoms with Gasteiger partial charge in [0.25, 0.3) is 0 Å². The zero-order valence-electron chi connectivity index (χ0n) is 9.83. The van der Waals surface area contributed by atoms with Gasteiger partial charge in [0.15, 0.2) is 0 Å². The molecule has 0 aromatic heterocycles. The van der Waals surface area contributed by atoms with Crippen molar-refractivity contribution in [2.75, 3.05) is 46.4 Å². The normalized spacial score (nSPS) is 28.9. The highest BCUT2D eigenvalue weighted by atomic mass is 16.5. The Hall–Kier alpha value is -0.120.